The van der Waals surface area contributed by atoms with E-state index in [1.165, 1.54) is 7.11 Å². The van der Waals surface area contributed by atoms with Crippen LogP contribution in [0.1, 0.15) is 5.56 Å². The van der Waals surface area contributed by atoms with Gasteiger partial charge < -0.3 is 14.6 Å². The lowest BCUT2D eigenvalue weighted by Crippen LogP contribution is -2.33. The van der Waals surface area contributed by atoms with Crippen LogP contribution < -0.4 is 5.32 Å². The fourth-order valence-corrected chi connectivity index (χ4v) is 4.31. The van der Waals surface area contributed by atoms with E-state index in [-0.39, 0.29) is 5.97 Å². The molecule has 1 N–H and O–H groups in total. The molecule has 5 aromatic rings. The minimum absolute atomic E-state index is 0.294. The molecule has 5 rings (SSSR count). The SMILES string of the molecule is COC(=O)[C@H](Cc1cn(C)c2ccccc12)Nc1c2ccccc2nc2ccccc12. The third-order valence-corrected chi connectivity index (χ3v) is 5.80. The van der Waals surface area contributed by atoms with Crippen molar-refractivity contribution >= 4 is 44.4 Å². The highest BCUT2D eigenvalue weighted by Crippen LogP contribution is 2.32. The van der Waals surface area contributed by atoms with Gasteiger partial charge in [-0.1, -0.05) is 54.6 Å². The number of fused-ring (bicyclic) bond motifs is 3. The van der Waals surface area contributed by atoms with Gasteiger partial charge in [-0.05, 0) is 23.8 Å². The summed E-state index contributed by atoms with van der Waals surface area (Å²) in [6.07, 6.45) is 2.60. The molecule has 1 atom stereocenters. The Bertz CT molecular complexity index is 1370. The number of aryl methyl sites for hydroxylation is 1. The molecule has 0 radical (unpaired) electrons. The van der Waals surface area contributed by atoms with E-state index in [9.17, 15) is 4.79 Å². The van der Waals surface area contributed by atoms with E-state index in [0.29, 0.717) is 6.42 Å². The first-order valence-corrected chi connectivity index (χ1v) is 10.3. The monoisotopic (exact) mass is 409 g/mol. The average Bonchev–Trinajstić information content (AvgIpc) is 3.13. The molecule has 31 heavy (non-hydrogen) atoms. The second-order valence-electron chi connectivity index (χ2n) is 7.73. The summed E-state index contributed by atoms with van der Waals surface area (Å²) in [5.74, 6) is -0.294. The van der Waals surface area contributed by atoms with Gasteiger partial charge in [0, 0.05) is 41.3 Å². The van der Waals surface area contributed by atoms with Gasteiger partial charge in [-0.2, -0.15) is 0 Å². The highest BCUT2D eigenvalue weighted by Gasteiger charge is 2.23. The Balaban J connectivity index is 1.62. The quantitative estimate of drug-likeness (QED) is 0.325. The molecule has 2 aromatic heterocycles. The maximum atomic E-state index is 12.8. The molecular formula is C26H23N3O2. The van der Waals surface area contributed by atoms with Crippen LogP contribution in [0, 0.1) is 0 Å². The maximum absolute atomic E-state index is 12.8. The minimum atomic E-state index is -0.537. The van der Waals surface area contributed by atoms with E-state index >= 15 is 0 Å². The molecule has 5 heteroatoms. The Labute approximate surface area is 180 Å². The van der Waals surface area contributed by atoms with E-state index in [4.69, 9.17) is 9.72 Å². The van der Waals surface area contributed by atoms with Crippen LogP contribution in [0.5, 0.6) is 0 Å². The van der Waals surface area contributed by atoms with Crippen molar-refractivity contribution in [2.45, 2.75) is 12.5 Å². The molecule has 0 bridgehead atoms. The van der Waals surface area contributed by atoms with Crippen molar-refractivity contribution in [1.29, 1.82) is 0 Å². The number of ether oxygens (including phenoxy) is 1. The first-order valence-electron chi connectivity index (χ1n) is 10.3. The normalized spacial score (nSPS) is 12.3. The number of esters is 1. The zero-order valence-electron chi connectivity index (χ0n) is 17.5. The fraction of sp³-hybridized carbons (Fsp3) is 0.154. The number of hydrogen-bond acceptors (Lipinski definition) is 4. The van der Waals surface area contributed by atoms with E-state index < -0.39 is 6.04 Å². The molecule has 0 saturated carbocycles. The van der Waals surface area contributed by atoms with Crippen molar-refractivity contribution in [3.05, 3.63) is 84.6 Å². The molecule has 0 spiro atoms. The first-order chi connectivity index (χ1) is 15.2. The van der Waals surface area contributed by atoms with E-state index in [1.807, 2.05) is 67.7 Å². The number of rotatable bonds is 5. The van der Waals surface area contributed by atoms with Gasteiger partial charge in [0.25, 0.3) is 0 Å². The Hall–Kier alpha value is -3.86. The predicted octanol–water partition coefficient (Wildman–Crippen LogP) is 5.08. The van der Waals surface area contributed by atoms with E-state index in [2.05, 4.69) is 28.2 Å². The summed E-state index contributed by atoms with van der Waals surface area (Å²) in [5, 5.41) is 6.62. The number of nitrogens with one attached hydrogen (secondary N) is 1. The molecule has 0 saturated heterocycles. The van der Waals surface area contributed by atoms with Crippen molar-refractivity contribution in [2.75, 3.05) is 12.4 Å². The lowest BCUT2D eigenvalue weighted by atomic mass is 10.0. The molecule has 0 unspecified atom stereocenters. The summed E-state index contributed by atoms with van der Waals surface area (Å²) in [5.41, 5.74) is 4.91. The van der Waals surface area contributed by atoms with E-state index in [0.717, 1.165) is 44.0 Å². The number of carbonyl (C=O) groups is 1. The Morgan fingerprint density at radius 1 is 0.935 bits per heavy atom. The highest BCUT2D eigenvalue weighted by atomic mass is 16.5. The molecule has 0 fully saturated rings. The number of para-hydroxylation sites is 3. The number of pyridine rings is 1. The van der Waals surface area contributed by atoms with Gasteiger partial charge in [-0.25, -0.2) is 9.78 Å². The second-order valence-corrected chi connectivity index (χ2v) is 7.73. The smallest absolute Gasteiger partial charge is 0.328 e. The van der Waals surface area contributed by atoms with Crippen LogP contribution >= 0.6 is 0 Å². The summed E-state index contributed by atoms with van der Waals surface area (Å²) >= 11 is 0. The zero-order chi connectivity index (χ0) is 21.4. The van der Waals surface area contributed by atoms with Crippen LogP contribution in [-0.4, -0.2) is 28.7 Å². The summed E-state index contributed by atoms with van der Waals surface area (Å²) in [6.45, 7) is 0. The van der Waals surface area contributed by atoms with Gasteiger partial charge >= 0.3 is 5.97 Å². The van der Waals surface area contributed by atoms with Gasteiger partial charge in [0.2, 0.25) is 0 Å². The predicted molar refractivity (Wildman–Crippen MR) is 125 cm³/mol. The summed E-state index contributed by atoms with van der Waals surface area (Å²) in [4.78, 5) is 17.6. The minimum Gasteiger partial charge on any atom is -0.467 e. The largest absolute Gasteiger partial charge is 0.467 e. The standard InChI is InChI=1S/C26H23N3O2/c1-29-16-17(18-9-5-8-14-24(18)29)15-23(26(30)31-2)28-25-19-10-3-6-12-21(19)27-22-13-7-4-11-20(22)25/h3-14,16,23H,15H2,1-2H3,(H,27,28)/t23-/m0/s1. The van der Waals surface area contributed by atoms with Crippen molar-refractivity contribution in [3.8, 4) is 0 Å². The molecule has 3 aromatic carbocycles. The van der Waals surface area contributed by atoms with Crippen molar-refractivity contribution in [1.82, 2.24) is 9.55 Å². The molecule has 154 valence electrons. The van der Waals surface area contributed by atoms with Gasteiger partial charge in [-0.15, -0.1) is 0 Å². The summed E-state index contributed by atoms with van der Waals surface area (Å²) in [7, 11) is 3.46. The third kappa shape index (κ3) is 3.38. The topological polar surface area (TPSA) is 56.1 Å². The molecule has 0 amide bonds. The molecular weight excluding hydrogens is 386 g/mol. The number of carbonyl (C=O) groups excluding carboxylic acids is 1. The molecule has 0 aliphatic carbocycles. The van der Waals surface area contributed by atoms with Crippen molar-refractivity contribution in [2.24, 2.45) is 7.05 Å². The van der Waals surface area contributed by atoms with Gasteiger partial charge in [-0.3, -0.25) is 0 Å². The molecule has 0 aliphatic rings. The maximum Gasteiger partial charge on any atom is 0.328 e. The highest BCUT2D eigenvalue weighted by molar-refractivity contribution is 6.08. The molecule has 0 aliphatic heterocycles. The van der Waals surface area contributed by atoms with Crippen LogP contribution in [0.15, 0.2) is 79.0 Å². The number of anilines is 1. The molecule has 5 nitrogen and oxygen atoms in total. The summed E-state index contributed by atoms with van der Waals surface area (Å²) < 4.78 is 7.27. The van der Waals surface area contributed by atoms with Gasteiger partial charge in [0.1, 0.15) is 6.04 Å². The number of hydrogen-bond donors (Lipinski definition) is 1. The van der Waals surface area contributed by atoms with Crippen LogP contribution in [0.2, 0.25) is 0 Å². The Morgan fingerprint density at radius 2 is 1.52 bits per heavy atom. The van der Waals surface area contributed by atoms with Gasteiger partial charge in [0.05, 0.1) is 23.8 Å². The van der Waals surface area contributed by atoms with Crippen LogP contribution in [-0.2, 0) is 23.0 Å². The number of methoxy groups -OCH3 is 1. The summed E-state index contributed by atoms with van der Waals surface area (Å²) in [6, 6.07) is 23.7. The number of nitrogens with zero attached hydrogens (tertiary/aromatic N) is 2. The number of aromatic nitrogens is 2. The lowest BCUT2D eigenvalue weighted by Gasteiger charge is -2.20. The lowest BCUT2D eigenvalue weighted by molar-refractivity contribution is -0.141. The van der Waals surface area contributed by atoms with Crippen molar-refractivity contribution < 1.29 is 9.53 Å². The van der Waals surface area contributed by atoms with Crippen LogP contribution in [0.4, 0.5) is 5.69 Å². The van der Waals surface area contributed by atoms with E-state index in [1.54, 1.807) is 0 Å². The molecule has 2 heterocycles. The number of benzene rings is 3. The third-order valence-electron chi connectivity index (χ3n) is 5.80. The first kappa shape index (κ1) is 19.1. The van der Waals surface area contributed by atoms with Crippen LogP contribution in [0.3, 0.4) is 0 Å². The second kappa shape index (κ2) is 7.76. The Morgan fingerprint density at radius 3 is 2.16 bits per heavy atom. The Kier molecular flexibility index (Phi) is 4.79. The fourth-order valence-electron chi connectivity index (χ4n) is 4.31. The van der Waals surface area contributed by atoms with Crippen LogP contribution in [0.25, 0.3) is 32.7 Å². The van der Waals surface area contributed by atoms with Gasteiger partial charge in [0.15, 0.2) is 0 Å². The van der Waals surface area contributed by atoms with Crippen molar-refractivity contribution in [3.63, 3.8) is 0 Å². The zero-order valence-corrected chi connectivity index (χ0v) is 17.5. The average molecular weight is 409 g/mol.